The van der Waals surface area contributed by atoms with E-state index in [2.05, 4.69) is 0 Å². The van der Waals surface area contributed by atoms with Gasteiger partial charge in [-0.15, -0.1) is 0 Å². The molecular formula is C42H52N2O16. The third-order valence-corrected chi connectivity index (χ3v) is 12.4. The molecule has 0 spiro atoms. The van der Waals surface area contributed by atoms with Crippen molar-refractivity contribution in [2.75, 3.05) is 21.2 Å². The van der Waals surface area contributed by atoms with Gasteiger partial charge in [0.1, 0.15) is 41.5 Å². The lowest BCUT2D eigenvalue weighted by atomic mass is 9.66. The number of ether oxygens (including phenoxy) is 7. The van der Waals surface area contributed by atoms with Crippen LogP contribution in [0.2, 0.25) is 0 Å². The third kappa shape index (κ3) is 7.36. The number of aliphatic hydroxyl groups is 2. The summed E-state index contributed by atoms with van der Waals surface area (Å²) < 4.78 is 42.2. The molecule has 18 nitrogen and oxygen atoms in total. The largest absolute Gasteiger partial charge is 0.507 e. The SMILES string of the molecule is CC[C@]1(O)C[C@@H](OC2CC(N(C)C)C(OC3CC(O)C(OC4OC(C)C(=O)C=C4N)C(C)O3)C(C)O2)c2c(O)c3c(c(O)c2C1C(=O)OC)C(=O)c1cccc(O)c1C3=O. The molecule has 0 amide bonds. The zero-order valence-electron chi connectivity index (χ0n) is 34.3. The van der Waals surface area contributed by atoms with Crippen molar-refractivity contribution >= 4 is 23.3 Å². The molecule has 2 saturated heterocycles. The fraction of sp³-hybridized carbons (Fsp3) is 0.571. The molecule has 0 saturated carbocycles. The lowest BCUT2D eigenvalue weighted by Crippen LogP contribution is -2.58. The number of rotatable bonds is 9. The first-order valence-corrected chi connectivity index (χ1v) is 19.9. The number of methoxy groups -OCH3 is 1. The van der Waals surface area contributed by atoms with E-state index in [1.807, 2.05) is 19.0 Å². The molecule has 2 aromatic rings. The number of carbonyl (C=O) groups is 4. The Hall–Kier alpha value is -4.50. The van der Waals surface area contributed by atoms with E-state index in [4.69, 9.17) is 38.9 Å². The van der Waals surface area contributed by atoms with Crippen molar-refractivity contribution in [1.82, 2.24) is 4.90 Å². The summed E-state index contributed by atoms with van der Waals surface area (Å²) in [6.07, 6.45) is -8.04. The number of nitrogens with zero attached hydrogens (tertiary/aromatic N) is 1. The van der Waals surface area contributed by atoms with E-state index in [0.29, 0.717) is 0 Å². The summed E-state index contributed by atoms with van der Waals surface area (Å²) in [5.74, 6) is -6.79. The summed E-state index contributed by atoms with van der Waals surface area (Å²) in [6.45, 7) is 6.64. The fourth-order valence-electron chi connectivity index (χ4n) is 9.19. The number of esters is 1. The number of phenolic OH excluding ortho intramolecular Hbond substituents is 3. The van der Waals surface area contributed by atoms with Crippen molar-refractivity contribution in [1.29, 1.82) is 0 Å². The van der Waals surface area contributed by atoms with Crippen molar-refractivity contribution in [2.45, 2.75) is 133 Å². The number of ketones is 3. The quantitative estimate of drug-likeness (QED) is 0.133. The van der Waals surface area contributed by atoms with Gasteiger partial charge in [-0.05, 0) is 47.4 Å². The van der Waals surface area contributed by atoms with Crippen molar-refractivity contribution in [3.05, 3.63) is 63.4 Å². The summed E-state index contributed by atoms with van der Waals surface area (Å²) in [4.78, 5) is 55.2. The third-order valence-electron chi connectivity index (χ3n) is 12.4. The van der Waals surface area contributed by atoms with Gasteiger partial charge in [-0.3, -0.25) is 19.2 Å². The Morgan fingerprint density at radius 2 is 1.52 bits per heavy atom. The second-order valence-corrected chi connectivity index (χ2v) is 16.3. The van der Waals surface area contributed by atoms with Crippen molar-refractivity contribution in [3.63, 3.8) is 0 Å². The number of aromatic hydroxyl groups is 3. The minimum absolute atomic E-state index is 0.00944. The van der Waals surface area contributed by atoms with Gasteiger partial charge in [0, 0.05) is 48.1 Å². The number of fused-ring (bicyclic) bond motifs is 3. The maximum absolute atomic E-state index is 14.0. The van der Waals surface area contributed by atoms with Gasteiger partial charge in [-0.25, -0.2) is 0 Å². The van der Waals surface area contributed by atoms with Crippen LogP contribution in [0.5, 0.6) is 17.2 Å². The molecule has 5 aliphatic rings. The molecule has 2 aromatic carbocycles. The molecule has 326 valence electrons. The molecule has 3 heterocycles. The lowest BCUT2D eigenvalue weighted by molar-refractivity contribution is -0.321. The number of likely N-dealkylation sites (N-methyl/N-ethyl adjacent to an activating group) is 1. The first-order chi connectivity index (χ1) is 28.3. The highest BCUT2D eigenvalue weighted by Crippen LogP contribution is 2.57. The Balaban J connectivity index is 1.16. The van der Waals surface area contributed by atoms with Crippen LogP contribution in [-0.4, -0.2) is 142 Å². The summed E-state index contributed by atoms with van der Waals surface area (Å²) in [7, 11) is 4.75. The fourth-order valence-corrected chi connectivity index (χ4v) is 9.19. The normalized spacial score (nSPS) is 35.4. The van der Waals surface area contributed by atoms with E-state index in [-0.39, 0.29) is 59.4 Å². The molecule has 2 aliphatic carbocycles. The molecule has 3 aliphatic heterocycles. The van der Waals surface area contributed by atoms with Crippen LogP contribution in [0.1, 0.15) is 108 Å². The van der Waals surface area contributed by atoms with Gasteiger partial charge in [-0.1, -0.05) is 19.1 Å². The Bertz CT molecular complexity index is 2090. The predicted molar refractivity (Wildman–Crippen MR) is 206 cm³/mol. The van der Waals surface area contributed by atoms with Gasteiger partial charge in [0.2, 0.25) is 5.78 Å². The van der Waals surface area contributed by atoms with Gasteiger partial charge in [0.25, 0.3) is 0 Å². The van der Waals surface area contributed by atoms with Crippen LogP contribution in [0.4, 0.5) is 0 Å². The van der Waals surface area contributed by atoms with Crippen molar-refractivity contribution in [3.8, 4) is 17.2 Å². The highest BCUT2D eigenvalue weighted by atomic mass is 16.7. The molecule has 13 atom stereocenters. The van der Waals surface area contributed by atoms with Crippen LogP contribution in [0, 0.1) is 0 Å². The van der Waals surface area contributed by atoms with Crippen LogP contribution in [0.25, 0.3) is 0 Å². The molecule has 0 aromatic heterocycles. The van der Waals surface area contributed by atoms with Gasteiger partial charge in [0.15, 0.2) is 30.4 Å². The average molecular weight is 841 g/mol. The number of carbonyl (C=O) groups excluding carboxylic acids is 4. The molecular weight excluding hydrogens is 788 g/mol. The van der Waals surface area contributed by atoms with E-state index in [1.165, 1.54) is 24.3 Å². The standard InChI is InChI=1S/C42H52N2O16/c1-8-42(53)15-25(29-30(33(42)40(52)54-7)37(51)31-32(36(29)50)35(49)28-19(34(31)48)10-9-11-22(28)45)58-26-13-21(44(5)6)38(17(3)55-26)59-27-14-24(47)39(18(4)56-27)60-41-20(43)12-23(46)16(2)57-41/h9-12,16-18,21,24-27,33,38-39,41,45,47,50-51,53H,8,13-15,43H2,1-7H3/t16?,17?,18?,21?,24?,25-,26?,27?,33?,38?,39?,41?,42+/m1/s1. The van der Waals surface area contributed by atoms with E-state index in [1.54, 1.807) is 27.7 Å². The highest BCUT2D eigenvalue weighted by Gasteiger charge is 2.55. The summed E-state index contributed by atoms with van der Waals surface area (Å²) >= 11 is 0. The van der Waals surface area contributed by atoms with E-state index in [9.17, 15) is 44.7 Å². The minimum Gasteiger partial charge on any atom is -0.507 e. The molecule has 2 fully saturated rings. The Kier molecular flexibility index (Phi) is 11.9. The number of benzene rings is 2. The number of aliphatic hydroxyl groups excluding tert-OH is 1. The van der Waals surface area contributed by atoms with Gasteiger partial charge >= 0.3 is 5.97 Å². The lowest BCUT2D eigenvalue weighted by Gasteiger charge is -2.48. The minimum atomic E-state index is -1.94. The maximum Gasteiger partial charge on any atom is 0.316 e. The van der Waals surface area contributed by atoms with Crippen LogP contribution in [0.3, 0.4) is 0 Å². The van der Waals surface area contributed by atoms with Gasteiger partial charge in [0.05, 0.1) is 59.5 Å². The number of hydrogen-bond acceptors (Lipinski definition) is 18. The zero-order chi connectivity index (χ0) is 43.7. The topological polar surface area (TPSA) is 263 Å². The summed E-state index contributed by atoms with van der Waals surface area (Å²) in [5.41, 5.74) is 1.81. The highest BCUT2D eigenvalue weighted by molar-refractivity contribution is 6.31. The van der Waals surface area contributed by atoms with E-state index >= 15 is 0 Å². The molecule has 7 N–H and O–H groups in total. The van der Waals surface area contributed by atoms with E-state index < -0.39 is 125 Å². The van der Waals surface area contributed by atoms with Crippen LogP contribution in [0.15, 0.2) is 30.0 Å². The average Bonchev–Trinajstić information content (AvgIpc) is 3.18. The van der Waals surface area contributed by atoms with Crippen molar-refractivity contribution < 1.29 is 77.9 Å². The first kappa shape index (κ1) is 43.6. The van der Waals surface area contributed by atoms with Crippen LogP contribution in [-0.2, 0) is 42.7 Å². The van der Waals surface area contributed by atoms with Gasteiger partial charge < -0.3 is 69.3 Å². The summed E-state index contributed by atoms with van der Waals surface area (Å²) in [6, 6.07) is 3.45. The van der Waals surface area contributed by atoms with Gasteiger partial charge in [-0.2, -0.15) is 0 Å². The van der Waals surface area contributed by atoms with E-state index in [0.717, 1.165) is 7.11 Å². The second-order valence-electron chi connectivity index (χ2n) is 16.3. The second kappa shape index (κ2) is 16.4. The maximum atomic E-state index is 14.0. The molecule has 60 heavy (non-hydrogen) atoms. The smallest absolute Gasteiger partial charge is 0.316 e. The number of phenols is 3. The molecule has 18 heteroatoms. The van der Waals surface area contributed by atoms with Crippen LogP contribution >= 0.6 is 0 Å². The number of nitrogens with two attached hydrogens (primary N) is 1. The number of hydrogen-bond donors (Lipinski definition) is 6. The molecule has 7 rings (SSSR count). The molecule has 0 radical (unpaired) electrons. The monoisotopic (exact) mass is 840 g/mol. The Morgan fingerprint density at radius 1 is 0.883 bits per heavy atom. The van der Waals surface area contributed by atoms with Crippen LogP contribution < -0.4 is 5.73 Å². The Labute approximate surface area is 345 Å². The first-order valence-electron chi connectivity index (χ1n) is 19.9. The Morgan fingerprint density at radius 3 is 2.15 bits per heavy atom. The summed E-state index contributed by atoms with van der Waals surface area (Å²) in [5, 5.41) is 57.9. The predicted octanol–water partition coefficient (Wildman–Crippen LogP) is 1.93. The molecule has 0 bridgehead atoms. The van der Waals surface area contributed by atoms with Crippen molar-refractivity contribution in [2.24, 2.45) is 5.73 Å². The zero-order valence-corrected chi connectivity index (χ0v) is 34.3. The molecule has 11 unspecified atom stereocenters.